The van der Waals surface area contributed by atoms with Crippen LogP contribution in [0.1, 0.15) is 156 Å². The predicted octanol–water partition coefficient (Wildman–Crippen LogP) is 11.2. The van der Waals surface area contributed by atoms with E-state index in [1.807, 2.05) is 55.4 Å². The van der Waals surface area contributed by atoms with Crippen LogP contribution in [0.15, 0.2) is 97.1 Å². The first-order chi connectivity index (χ1) is 34.3. The van der Waals surface area contributed by atoms with Crippen molar-refractivity contribution in [1.82, 2.24) is 0 Å². The van der Waals surface area contributed by atoms with Crippen molar-refractivity contribution in [3.63, 3.8) is 0 Å². The second-order valence-corrected chi connectivity index (χ2v) is 17.3. The Morgan fingerprint density at radius 3 is 0.722 bits per heavy atom. The maximum Gasteiger partial charge on any atom is 0.549 e. The minimum atomic E-state index is -1.49. The molecule has 0 amide bonds. The molecule has 386 valence electrons. The topological polar surface area (TPSA) is 247 Å². The normalized spacial score (nSPS) is 11.7. The Morgan fingerprint density at radius 2 is 0.514 bits per heavy atom. The van der Waals surface area contributed by atoms with Crippen molar-refractivity contribution in [2.45, 2.75) is 91.9 Å². The monoisotopic (exact) mass is 1000 g/mol. The van der Waals surface area contributed by atoms with E-state index in [0.717, 1.165) is 22.3 Å². The van der Waals surface area contributed by atoms with E-state index in [1.165, 1.54) is 48.5 Å². The molecule has 72 heavy (non-hydrogen) atoms. The SMILES string of the molecule is CC(C)c1ccc(C(=O)OOC(=O)OCCC(COC(=O)OOC(=O)c2ccc(C(C)C)cc2)C(CCOC(=O)OOC(=O)c2ccc(C(C)C)cc2)COC(=O)OOC(=O)c2ccc(C(C)C)cc2)cc1. The largest absolute Gasteiger partial charge is 0.549 e. The molecule has 2 unspecified atom stereocenters. The lowest BCUT2D eigenvalue weighted by Crippen LogP contribution is -2.30. The fraction of sp³-hybridized carbons (Fsp3) is 0.385. The second-order valence-electron chi connectivity index (χ2n) is 17.3. The van der Waals surface area contributed by atoms with Crippen LogP contribution in [0.2, 0.25) is 0 Å². The van der Waals surface area contributed by atoms with Crippen LogP contribution in [-0.4, -0.2) is 74.9 Å². The summed E-state index contributed by atoms with van der Waals surface area (Å²) in [6, 6.07) is 25.5. The molecule has 0 bridgehead atoms. The number of carbonyl (C=O) groups is 8. The zero-order chi connectivity index (χ0) is 52.7. The van der Waals surface area contributed by atoms with E-state index in [9.17, 15) is 38.4 Å². The van der Waals surface area contributed by atoms with Crippen LogP contribution >= 0.6 is 0 Å². The predicted molar refractivity (Wildman–Crippen MR) is 250 cm³/mol. The average molecular weight is 1000 g/mol. The summed E-state index contributed by atoms with van der Waals surface area (Å²) in [6.45, 7) is 13.4. The molecule has 0 aliphatic carbocycles. The van der Waals surface area contributed by atoms with Crippen molar-refractivity contribution in [3.05, 3.63) is 142 Å². The fourth-order valence-electron chi connectivity index (χ4n) is 6.44. The van der Waals surface area contributed by atoms with Gasteiger partial charge in [-0.25, -0.2) is 58.3 Å². The molecule has 4 aromatic rings. The van der Waals surface area contributed by atoms with Crippen LogP contribution in [0.3, 0.4) is 0 Å². The minimum Gasteiger partial charge on any atom is -0.432 e. The molecule has 20 nitrogen and oxygen atoms in total. The summed E-state index contributed by atoms with van der Waals surface area (Å²) in [7, 11) is 0. The van der Waals surface area contributed by atoms with Crippen LogP contribution in [0.5, 0.6) is 0 Å². The lowest BCUT2D eigenvalue weighted by Gasteiger charge is -2.25. The van der Waals surface area contributed by atoms with Gasteiger partial charge in [0, 0.05) is 11.8 Å². The minimum absolute atomic E-state index is 0.0659. The van der Waals surface area contributed by atoms with Gasteiger partial charge < -0.3 is 18.9 Å². The smallest absolute Gasteiger partial charge is 0.432 e. The number of hydrogen-bond acceptors (Lipinski definition) is 20. The second kappa shape index (κ2) is 28.5. The number of benzene rings is 4. The van der Waals surface area contributed by atoms with Gasteiger partial charge in [-0.2, -0.15) is 19.2 Å². The summed E-state index contributed by atoms with van der Waals surface area (Å²) in [5, 5.41) is 0. The van der Waals surface area contributed by atoms with Gasteiger partial charge in [-0.05, 0) is 107 Å². The van der Waals surface area contributed by atoms with Crippen LogP contribution in [0, 0.1) is 11.8 Å². The first-order valence-electron chi connectivity index (χ1n) is 22.9. The standard InChI is InChI=1S/C52H58O20/c1-31(2)35-9-17-39(18-10-35)45(53)65-69-49(57)61-27-25-43(29-63-51(59)71-67-47(55)41-21-13-37(14-22-41)33(5)6)44(30-64-52(60)72-68-48(56)42-23-15-38(16-24-42)34(7)8)26-28-62-50(58)70-66-46(54)40-19-11-36(12-20-40)32(3)4/h9-24,31-34,43-44H,25-30H2,1-8H3. The van der Waals surface area contributed by atoms with Crippen molar-refractivity contribution in [1.29, 1.82) is 0 Å². The Labute approximate surface area is 415 Å². The Morgan fingerprint density at radius 1 is 0.306 bits per heavy atom. The Hall–Kier alpha value is -8.16. The van der Waals surface area contributed by atoms with Crippen molar-refractivity contribution in [2.24, 2.45) is 11.8 Å². The molecule has 0 spiro atoms. The van der Waals surface area contributed by atoms with Crippen LogP contribution in [0.4, 0.5) is 19.2 Å². The van der Waals surface area contributed by atoms with E-state index in [-0.39, 0.29) is 58.8 Å². The first kappa shape index (κ1) is 56.4. The van der Waals surface area contributed by atoms with Gasteiger partial charge in [0.25, 0.3) is 0 Å². The van der Waals surface area contributed by atoms with Gasteiger partial charge in [-0.3, -0.25) is 0 Å². The molecule has 0 fully saturated rings. The molecule has 0 radical (unpaired) electrons. The Bertz CT molecular complexity index is 2250. The summed E-state index contributed by atoms with van der Waals surface area (Å²) in [5.41, 5.74) is 4.10. The third-order valence-corrected chi connectivity index (χ3v) is 10.9. The number of carbonyl (C=O) groups excluding carboxylic acids is 8. The van der Waals surface area contributed by atoms with E-state index in [4.69, 9.17) is 18.9 Å². The van der Waals surface area contributed by atoms with Gasteiger partial charge in [0.1, 0.15) is 0 Å². The molecule has 20 heteroatoms. The molecular formula is C52H58O20. The van der Waals surface area contributed by atoms with Gasteiger partial charge in [0.05, 0.1) is 48.7 Å². The first-order valence-corrected chi connectivity index (χ1v) is 22.9. The zero-order valence-electron chi connectivity index (χ0n) is 41.1. The third-order valence-electron chi connectivity index (χ3n) is 10.9. The van der Waals surface area contributed by atoms with Crippen LogP contribution < -0.4 is 0 Å². The number of rotatable bonds is 19. The molecule has 2 atom stereocenters. The quantitative estimate of drug-likeness (QED) is 0.0366. The third kappa shape index (κ3) is 19.0. The lowest BCUT2D eigenvalue weighted by molar-refractivity contribution is -0.208. The van der Waals surface area contributed by atoms with Crippen LogP contribution in [-0.2, 0) is 58.0 Å². The van der Waals surface area contributed by atoms with E-state index in [1.54, 1.807) is 48.5 Å². The summed E-state index contributed by atoms with van der Waals surface area (Å²) in [5.74, 6) is -5.31. The van der Waals surface area contributed by atoms with Crippen molar-refractivity contribution in [3.8, 4) is 0 Å². The molecule has 4 aromatic carbocycles. The van der Waals surface area contributed by atoms with Gasteiger partial charge in [-0.1, -0.05) is 104 Å². The lowest BCUT2D eigenvalue weighted by atomic mass is 9.88. The van der Waals surface area contributed by atoms with E-state index in [2.05, 4.69) is 39.1 Å². The Kier molecular flexibility index (Phi) is 22.3. The van der Waals surface area contributed by atoms with Gasteiger partial charge in [-0.15, -0.1) is 0 Å². The zero-order valence-corrected chi connectivity index (χ0v) is 41.1. The molecule has 0 heterocycles. The highest BCUT2D eigenvalue weighted by atomic mass is 17.3. The highest BCUT2D eigenvalue weighted by molar-refractivity contribution is 5.91. The molecule has 0 saturated heterocycles. The number of ether oxygens (including phenoxy) is 4. The fourth-order valence-corrected chi connectivity index (χ4v) is 6.44. The van der Waals surface area contributed by atoms with E-state index < -0.39 is 86.8 Å². The maximum atomic E-state index is 12.8. The van der Waals surface area contributed by atoms with Gasteiger partial charge >= 0.3 is 48.5 Å². The molecule has 0 N–H and O–H groups in total. The average Bonchev–Trinajstić information content (AvgIpc) is 3.37. The maximum absolute atomic E-state index is 12.8. The molecule has 0 aliphatic rings. The highest BCUT2D eigenvalue weighted by Gasteiger charge is 2.29. The Balaban J connectivity index is 1.44. The van der Waals surface area contributed by atoms with Gasteiger partial charge in [0.15, 0.2) is 0 Å². The summed E-state index contributed by atoms with van der Waals surface area (Å²) >= 11 is 0. The molecule has 4 rings (SSSR count). The van der Waals surface area contributed by atoms with Crippen LogP contribution in [0.25, 0.3) is 0 Å². The molecule has 0 aromatic heterocycles. The van der Waals surface area contributed by atoms with Crippen molar-refractivity contribution in [2.75, 3.05) is 26.4 Å². The summed E-state index contributed by atoms with van der Waals surface area (Å²) < 4.78 is 20.7. The molecule has 0 aliphatic heterocycles. The van der Waals surface area contributed by atoms with E-state index >= 15 is 0 Å². The molecule has 0 saturated carbocycles. The summed E-state index contributed by atoms with van der Waals surface area (Å²) in [6.07, 6.45) is -6.35. The van der Waals surface area contributed by atoms with Gasteiger partial charge in [0.2, 0.25) is 0 Å². The molecular weight excluding hydrogens is 945 g/mol. The van der Waals surface area contributed by atoms with Crippen molar-refractivity contribution < 1.29 is 96.4 Å². The number of hydrogen-bond donors (Lipinski definition) is 0. The highest BCUT2D eigenvalue weighted by Crippen LogP contribution is 2.24. The summed E-state index contributed by atoms with van der Waals surface area (Å²) in [4.78, 5) is 138. The van der Waals surface area contributed by atoms with E-state index in [0.29, 0.717) is 0 Å². The van der Waals surface area contributed by atoms with Crippen molar-refractivity contribution >= 4 is 48.5 Å².